The summed E-state index contributed by atoms with van der Waals surface area (Å²) in [6.45, 7) is -0.564. The lowest BCUT2D eigenvalue weighted by Gasteiger charge is -2.13. The molecule has 0 saturated heterocycles. The maximum absolute atomic E-state index is 11.5. The van der Waals surface area contributed by atoms with Crippen molar-refractivity contribution in [1.29, 1.82) is 0 Å². The number of benzene rings is 1. The number of aliphatic hydroxyl groups is 3. The lowest BCUT2D eigenvalue weighted by atomic mass is 10.2. The number of ether oxygens (including phenoxy) is 2. The van der Waals surface area contributed by atoms with Crippen molar-refractivity contribution in [3.63, 3.8) is 0 Å². The Morgan fingerprint density at radius 3 is 2.60 bits per heavy atom. The maximum Gasteiger partial charge on any atom is 0.378 e. The highest BCUT2D eigenvalue weighted by molar-refractivity contribution is 9.10. The predicted molar refractivity (Wildman–Crippen MR) is 71.6 cm³/mol. The summed E-state index contributed by atoms with van der Waals surface area (Å²) in [6, 6.07) is 7.22. The molecular formula is C13H13BrO6. The molecule has 108 valence electrons. The number of aliphatic hydroxyl groups excluding tert-OH is 3. The van der Waals surface area contributed by atoms with Gasteiger partial charge in [-0.25, -0.2) is 4.79 Å². The van der Waals surface area contributed by atoms with Gasteiger partial charge in [0.2, 0.25) is 5.76 Å². The summed E-state index contributed by atoms with van der Waals surface area (Å²) in [6.07, 6.45) is -2.67. The largest absolute Gasteiger partial charge is 0.505 e. The zero-order chi connectivity index (χ0) is 14.7. The minimum Gasteiger partial charge on any atom is -0.505 e. The molecule has 20 heavy (non-hydrogen) atoms. The number of esters is 1. The van der Waals surface area contributed by atoms with Crippen LogP contribution in [-0.2, 0) is 20.9 Å². The Labute approximate surface area is 123 Å². The highest BCUT2D eigenvalue weighted by Gasteiger charge is 2.40. The summed E-state index contributed by atoms with van der Waals surface area (Å²) < 4.78 is 10.9. The average Bonchev–Trinajstić information content (AvgIpc) is 2.73. The summed E-state index contributed by atoms with van der Waals surface area (Å²) in [7, 11) is 0. The van der Waals surface area contributed by atoms with Crippen LogP contribution < -0.4 is 0 Å². The number of halogens is 1. The normalized spacial score (nSPS) is 19.9. The summed E-state index contributed by atoms with van der Waals surface area (Å²) >= 11 is 3.30. The maximum atomic E-state index is 11.5. The van der Waals surface area contributed by atoms with E-state index in [0.717, 1.165) is 10.0 Å². The van der Waals surface area contributed by atoms with Crippen molar-refractivity contribution >= 4 is 21.9 Å². The molecule has 0 amide bonds. The molecule has 0 aromatic heterocycles. The third-order valence-corrected chi connectivity index (χ3v) is 3.28. The second kappa shape index (κ2) is 6.25. The van der Waals surface area contributed by atoms with E-state index in [1.54, 1.807) is 12.1 Å². The Bertz CT molecular complexity index is 524. The van der Waals surface area contributed by atoms with Crippen LogP contribution in [0.2, 0.25) is 0 Å². The summed E-state index contributed by atoms with van der Waals surface area (Å²) in [5, 5.41) is 28.0. The molecular weight excluding hydrogens is 332 g/mol. The lowest BCUT2D eigenvalue weighted by molar-refractivity contribution is -0.148. The molecule has 0 aliphatic carbocycles. The van der Waals surface area contributed by atoms with E-state index in [1.165, 1.54) is 0 Å². The first-order valence-corrected chi connectivity index (χ1v) is 6.62. The van der Waals surface area contributed by atoms with Crippen molar-refractivity contribution in [3.8, 4) is 0 Å². The fraction of sp³-hybridized carbons (Fsp3) is 0.308. The van der Waals surface area contributed by atoms with Gasteiger partial charge in [-0.3, -0.25) is 0 Å². The van der Waals surface area contributed by atoms with E-state index in [4.69, 9.17) is 14.6 Å². The number of cyclic esters (lactones) is 1. The quantitative estimate of drug-likeness (QED) is 0.690. The number of rotatable bonds is 5. The van der Waals surface area contributed by atoms with Crippen LogP contribution in [0.15, 0.2) is 40.3 Å². The second-order valence-electron chi connectivity index (χ2n) is 4.21. The Morgan fingerprint density at radius 1 is 1.35 bits per heavy atom. The van der Waals surface area contributed by atoms with Crippen molar-refractivity contribution < 1.29 is 29.6 Å². The van der Waals surface area contributed by atoms with E-state index in [1.807, 2.05) is 12.1 Å². The molecule has 2 unspecified atom stereocenters. The summed E-state index contributed by atoms with van der Waals surface area (Å²) in [5.41, 5.74) is 0.799. The van der Waals surface area contributed by atoms with Crippen molar-refractivity contribution in [2.45, 2.75) is 18.8 Å². The zero-order valence-corrected chi connectivity index (χ0v) is 11.9. The number of hydrogen-bond donors (Lipinski definition) is 3. The van der Waals surface area contributed by atoms with Crippen LogP contribution in [0.25, 0.3) is 0 Å². The monoisotopic (exact) mass is 344 g/mol. The molecule has 0 radical (unpaired) electrons. The number of hydrogen-bond acceptors (Lipinski definition) is 6. The Hall–Kier alpha value is -1.57. The lowest BCUT2D eigenvalue weighted by Crippen LogP contribution is -2.31. The standard InChI is InChI=1S/C13H13BrO6/c14-8-3-1-7(2-4-8)6-19-12-10(17)11(9(16)5-15)20-13(12)18/h1-4,9,11,15-17H,5-6H2. The van der Waals surface area contributed by atoms with E-state index in [2.05, 4.69) is 15.9 Å². The molecule has 0 fully saturated rings. The molecule has 0 bridgehead atoms. The van der Waals surface area contributed by atoms with Crippen LogP contribution in [0.3, 0.4) is 0 Å². The van der Waals surface area contributed by atoms with Gasteiger partial charge in [0, 0.05) is 4.47 Å². The second-order valence-corrected chi connectivity index (χ2v) is 5.12. The van der Waals surface area contributed by atoms with E-state index >= 15 is 0 Å². The minimum absolute atomic E-state index is 0.0731. The highest BCUT2D eigenvalue weighted by Crippen LogP contribution is 2.25. The molecule has 1 heterocycles. The van der Waals surface area contributed by atoms with Crippen LogP contribution in [-0.4, -0.2) is 40.1 Å². The first kappa shape index (κ1) is 14.8. The van der Waals surface area contributed by atoms with Gasteiger partial charge in [0.05, 0.1) is 6.61 Å². The van der Waals surface area contributed by atoms with Gasteiger partial charge < -0.3 is 24.8 Å². The van der Waals surface area contributed by atoms with Gasteiger partial charge in [-0.15, -0.1) is 0 Å². The van der Waals surface area contributed by atoms with E-state index < -0.39 is 30.5 Å². The molecule has 6 nitrogen and oxygen atoms in total. The molecule has 2 rings (SSSR count). The first-order valence-electron chi connectivity index (χ1n) is 5.83. The molecule has 7 heteroatoms. The highest BCUT2D eigenvalue weighted by atomic mass is 79.9. The fourth-order valence-corrected chi connectivity index (χ4v) is 1.95. The first-order chi connectivity index (χ1) is 9.52. The van der Waals surface area contributed by atoms with Crippen LogP contribution in [0.5, 0.6) is 0 Å². The molecule has 1 aromatic carbocycles. The van der Waals surface area contributed by atoms with Crippen LogP contribution >= 0.6 is 15.9 Å². The van der Waals surface area contributed by atoms with Gasteiger partial charge in [0.15, 0.2) is 11.9 Å². The van der Waals surface area contributed by atoms with E-state index in [0.29, 0.717) is 0 Å². The molecule has 2 atom stereocenters. The molecule has 0 saturated carbocycles. The SMILES string of the molecule is O=C1OC(C(O)CO)C(O)=C1OCc1ccc(Br)cc1. The summed E-state index contributed by atoms with van der Waals surface area (Å²) in [5.74, 6) is -1.71. The molecule has 3 N–H and O–H groups in total. The van der Waals surface area contributed by atoms with Crippen molar-refractivity contribution in [2.75, 3.05) is 6.61 Å². The Balaban J connectivity index is 2.06. The Morgan fingerprint density at radius 2 is 2.00 bits per heavy atom. The third-order valence-electron chi connectivity index (χ3n) is 2.75. The van der Waals surface area contributed by atoms with E-state index in [-0.39, 0.29) is 12.4 Å². The smallest absolute Gasteiger partial charge is 0.378 e. The number of carbonyl (C=O) groups is 1. The fourth-order valence-electron chi connectivity index (χ4n) is 1.68. The third kappa shape index (κ3) is 3.12. The minimum atomic E-state index is -1.38. The van der Waals surface area contributed by atoms with Gasteiger partial charge in [-0.05, 0) is 17.7 Å². The van der Waals surface area contributed by atoms with Crippen molar-refractivity contribution in [2.24, 2.45) is 0 Å². The van der Waals surface area contributed by atoms with Gasteiger partial charge in [-0.1, -0.05) is 28.1 Å². The topological polar surface area (TPSA) is 96.2 Å². The van der Waals surface area contributed by atoms with Crippen LogP contribution in [0.1, 0.15) is 5.56 Å². The van der Waals surface area contributed by atoms with Crippen molar-refractivity contribution in [1.82, 2.24) is 0 Å². The average molecular weight is 345 g/mol. The van der Waals surface area contributed by atoms with Gasteiger partial charge >= 0.3 is 5.97 Å². The molecule has 0 spiro atoms. The Kier molecular flexibility index (Phi) is 4.64. The van der Waals surface area contributed by atoms with Crippen LogP contribution in [0, 0.1) is 0 Å². The van der Waals surface area contributed by atoms with Gasteiger partial charge in [-0.2, -0.15) is 0 Å². The number of carbonyl (C=O) groups excluding carboxylic acids is 1. The van der Waals surface area contributed by atoms with Gasteiger partial charge in [0.25, 0.3) is 0 Å². The van der Waals surface area contributed by atoms with Crippen LogP contribution in [0.4, 0.5) is 0 Å². The molecule has 1 aromatic rings. The van der Waals surface area contributed by atoms with Gasteiger partial charge in [0.1, 0.15) is 12.7 Å². The van der Waals surface area contributed by atoms with E-state index in [9.17, 15) is 15.0 Å². The zero-order valence-electron chi connectivity index (χ0n) is 10.3. The molecule has 1 aliphatic heterocycles. The molecule has 1 aliphatic rings. The van der Waals surface area contributed by atoms with Crippen molar-refractivity contribution in [3.05, 3.63) is 45.8 Å². The summed E-state index contributed by atoms with van der Waals surface area (Å²) in [4.78, 5) is 11.5. The predicted octanol–water partition coefficient (Wildman–Crippen LogP) is 1.01.